The molecule has 0 rings (SSSR count). The van der Waals surface area contributed by atoms with Crippen LogP contribution in [0.5, 0.6) is 0 Å². The Balaban J connectivity index is 4.19. The van der Waals surface area contributed by atoms with Gasteiger partial charge in [-0.05, 0) is 13.8 Å². The third-order valence-electron chi connectivity index (χ3n) is 1.68. The molecular formula is C8H13NO5. The molecule has 6 nitrogen and oxygen atoms in total. The van der Waals surface area contributed by atoms with E-state index in [1.54, 1.807) is 0 Å². The molecule has 80 valence electrons. The second kappa shape index (κ2) is 5.21. The Labute approximate surface area is 81.2 Å². The van der Waals surface area contributed by atoms with Gasteiger partial charge in [0.15, 0.2) is 0 Å². The van der Waals surface area contributed by atoms with Crippen LogP contribution in [-0.4, -0.2) is 36.1 Å². The molecule has 1 amide bonds. The number of carbonyl (C=O) groups excluding carboxylic acids is 2. The zero-order valence-corrected chi connectivity index (χ0v) is 8.23. The van der Waals surface area contributed by atoms with E-state index < -0.39 is 29.8 Å². The Morgan fingerprint density at radius 2 is 1.79 bits per heavy atom. The van der Waals surface area contributed by atoms with Crippen LogP contribution in [-0.2, 0) is 19.1 Å². The summed E-state index contributed by atoms with van der Waals surface area (Å²) in [7, 11) is 1.19. The van der Waals surface area contributed by atoms with Gasteiger partial charge in [0.2, 0.25) is 5.91 Å². The first-order valence-electron chi connectivity index (χ1n) is 4.01. The van der Waals surface area contributed by atoms with E-state index in [0.29, 0.717) is 0 Å². The molecule has 0 heterocycles. The van der Waals surface area contributed by atoms with Gasteiger partial charge in [-0.1, -0.05) is 0 Å². The van der Waals surface area contributed by atoms with Gasteiger partial charge in [0, 0.05) is 0 Å². The lowest BCUT2D eigenvalue weighted by molar-refractivity contribution is -0.149. The molecule has 0 aliphatic carbocycles. The first-order chi connectivity index (χ1) is 6.40. The van der Waals surface area contributed by atoms with Crippen LogP contribution in [0.1, 0.15) is 13.8 Å². The van der Waals surface area contributed by atoms with Crippen molar-refractivity contribution in [3.8, 4) is 0 Å². The molecule has 0 bridgehead atoms. The molecule has 0 aromatic carbocycles. The molecule has 0 aliphatic heterocycles. The van der Waals surface area contributed by atoms with Crippen LogP contribution in [0.15, 0.2) is 0 Å². The number of methoxy groups -OCH3 is 1. The number of carboxylic acids is 1. The molecule has 2 unspecified atom stereocenters. The monoisotopic (exact) mass is 203 g/mol. The predicted molar refractivity (Wildman–Crippen MR) is 46.4 cm³/mol. The first kappa shape index (κ1) is 12.4. The molecule has 2 atom stereocenters. The molecular weight excluding hydrogens is 190 g/mol. The summed E-state index contributed by atoms with van der Waals surface area (Å²) in [6.45, 7) is 2.65. The number of esters is 1. The number of carbonyl (C=O) groups is 3. The maximum atomic E-state index is 11.1. The van der Waals surface area contributed by atoms with Gasteiger partial charge in [-0.15, -0.1) is 0 Å². The van der Waals surface area contributed by atoms with Gasteiger partial charge in [-0.2, -0.15) is 0 Å². The van der Waals surface area contributed by atoms with Crippen molar-refractivity contribution in [1.82, 2.24) is 5.32 Å². The van der Waals surface area contributed by atoms with Gasteiger partial charge in [0.25, 0.3) is 0 Å². The summed E-state index contributed by atoms with van der Waals surface area (Å²) in [5.41, 5.74) is 0. The quantitative estimate of drug-likeness (QED) is 0.469. The second-order valence-electron chi connectivity index (χ2n) is 2.81. The average Bonchev–Trinajstić information content (AvgIpc) is 2.14. The topological polar surface area (TPSA) is 92.7 Å². The van der Waals surface area contributed by atoms with E-state index in [1.807, 2.05) is 0 Å². The van der Waals surface area contributed by atoms with Crippen molar-refractivity contribution in [1.29, 1.82) is 0 Å². The predicted octanol–water partition coefficient (Wildman–Crippen LogP) is -0.615. The first-order valence-corrected chi connectivity index (χ1v) is 4.01. The molecule has 0 aliphatic rings. The highest BCUT2D eigenvalue weighted by Crippen LogP contribution is 1.96. The average molecular weight is 203 g/mol. The fourth-order valence-corrected chi connectivity index (χ4v) is 0.686. The van der Waals surface area contributed by atoms with Gasteiger partial charge in [-0.25, -0.2) is 4.79 Å². The Kier molecular flexibility index (Phi) is 4.62. The van der Waals surface area contributed by atoms with Crippen molar-refractivity contribution in [2.75, 3.05) is 7.11 Å². The number of hydrogen-bond donors (Lipinski definition) is 2. The van der Waals surface area contributed by atoms with E-state index in [1.165, 1.54) is 21.0 Å². The largest absolute Gasteiger partial charge is 0.481 e. The SMILES string of the molecule is COC(=O)C(C)NC(=O)C(C)C(=O)O. The molecule has 2 N–H and O–H groups in total. The van der Waals surface area contributed by atoms with E-state index in [9.17, 15) is 14.4 Å². The van der Waals surface area contributed by atoms with Crippen molar-refractivity contribution in [2.45, 2.75) is 19.9 Å². The van der Waals surface area contributed by atoms with Gasteiger partial charge in [-0.3, -0.25) is 9.59 Å². The Hall–Kier alpha value is -1.59. The zero-order chi connectivity index (χ0) is 11.3. The minimum atomic E-state index is -1.24. The third kappa shape index (κ3) is 3.42. The highest BCUT2D eigenvalue weighted by atomic mass is 16.5. The maximum absolute atomic E-state index is 11.1. The molecule has 14 heavy (non-hydrogen) atoms. The van der Waals surface area contributed by atoms with Gasteiger partial charge in [0.05, 0.1) is 7.11 Å². The highest BCUT2D eigenvalue weighted by Gasteiger charge is 2.24. The van der Waals surface area contributed by atoms with Crippen LogP contribution < -0.4 is 5.32 Å². The van der Waals surface area contributed by atoms with Crippen LogP contribution in [0.4, 0.5) is 0 Å². The summed E-state index contributed by atoms with van der Waals surface area (Å²) in [4.78, 5) is 32.4. The molecule has 0 saturated carbocycles. The number of aliphatic carboxylic acids is 1. The molecule has 6 heteroatoms. The molecule has 0 aromatic rings. The van der Waals surface area contributed by atoms with Crippen LogP contribution in [0, 0.1) is 5.92 Å². The lowest BCUT2D eigenvalue weighted by atomic mass is 10.1. The number of hydrogen-bond acceptors (Lipinski definition) is 4. The summed E-state index contributed by atoms with van der Waals surface area (Å²) in [6.07, 6.45) is 0. The number of rotatable bonds is 4. The summed E-state index contributed by atoms with van der Waals surface area (Å²) >= 11 is 0. The zero-order valence-electron chi connectivity index (χ0n) is 8.23. The van der Waals surface area contributed by atoms with Crippen LogP contribution in [0.2, 0.25) is 0 Å². The number of nitrogens with one attached hydrogen (secondary N) is 1. The Bertz CT molecular complexity index is 250. The standard InChI is InChI=1S/C8H13NO5/c1-4(7(11)12)6(10)9-5(2)8(13)14-3/h4-5H,1-3H3,(H,9,10)(H,11,12). The minimum Gasteiger partial charge on any atom is -0.481 e. The van der Waals surface area contributed by atoms with Crippen molar-refractivity contribution in [3.05, 3.63) is 0 Å². The van der Waals surface area contributed by atoms with Crippen LogP contribution >= 0.6 is 0 Å². The third-order valence-corrected chi connectivity index (χ3v) is 1.68. The molecule has 0 aromatic heterocycles. The molecule has 0 spiro atoms. The highest BCUT2D eigenvalue weighted by molar-refractivity contribution is 5.98. The minimum absolute atomic E-state index is 0.615. The van der Waals surface area contributed by atoms with Crippen molar-refractivity contribution in [2.24, 2.45) is 5.92 Å². The molecule has 0 fully saturated rings. The van der Waals surface area contributed by atoms with Gasteiger partial charge < -0.3 is 15.2 Å². The Morgan fingerprint density at radius 1 is 1.29 bits per heavy atom. The van der Waals surface area contributed by atoms with Crippen LogP contribution in [0.3, 0.4) is 0 Å². The summed E-state index contributed by atoms with van der Waals surface area (Å²) in [6, 6.07) is -0.839. The van der Waals surface area contributed by atoms with Gasteiger partial charge >= 0.3 is 11.9 Å². The molecule has 0 saturated heterocycles. The van der Waals surface area contributed by atoms with Crippen molar-refractivity contribution in [3.63, 3.8) is 0 Å². The molecule has 0 radical (unpaired) electrons. The van der Waals surface area contributed by atoms with Crippen LogP contribution in [0.25, 0.3) is 0 Å². The fourth-order valence-electron chi connectivity index (χ4n) is 0.686. The van der Waals surface area contributed by atoms with E-state index >= 15 is 0 Å². The summed E-state index contributed by atoms with van der Waals surface area (Å²) in [5.74, 6) is -3.74. The van der Waals surface area contributed by atoms with E-state index in [-0.39, 0.29) is 0 Å². The van der Waals surface area contributed by atoms with Gasteiger partial charge in [0.1, 0.15) is 12.0 Å². The number of ether oxygens (including phenoxy) is 1. The number of amides is 1. The van der Waals surface area contributed by atoms with E-state index in [4.69, 9.17) is 5.11 Å². The summed E-state index contributed by atoms with van der Waals surface area (Å²) < 4.78 is 4.35. The lowest BCUT2D eigenvalue weighted by Gasteiger charge is -2.13. The van der Waals surface area contributed by atoms with Crippen molar-refractivity contribution >= 4 is 17.8 Å². The Morgan fingerprint density at radius 3 is 2.14 bits per heavy atom. The normalized spacial score (nSPS) is 13.9. The maximum Gasteiger partial charge on any atom is 0.328 e. The smallest absolute Gasteiger partial charge is 0.328 e. The number of carboxylic acid groups (broad SMARTS) is 1. The van der Waals surface area contributed by atoms with Crippen molar-refractivity contribution < 1.29 is 24.2 Å². The second-order valence-corrected chi connectivity index (χ2v) is 2.81. The van der Waals surface area contributed by atoms with E-state index in [0.717, 1.165) is 0 Å². The fraction of sp³-hybridized carbons (Fsp3) is 0.625. The van der Waals surface area contributed by atoms with E-state index in [2.05, 4.69) is 10.1 Å². The summed E-state index contributed by atoms with van der Waals surface area (Å²) in [5, 5.41) is 10.7. The lowest BCUT2D eigenvalue weighted by Crippen LogP contribution is -2.43.